The normalized spacial score (nSPS) is 16.0. The summed E-state index contributed by atoms with van der Waals surface area (Å²) in [4.78, 5) is 2.45. The van der Waals surface area contributed by atoms with Gasteiger partial charge in [-0.2, -0.15) is 5.10 Å². The number of hydrogen-bond donors (Lipinski definition) is 2. The summed E-state index contributed by atoms with van der Waals surface area (Å²) in [6.07, 6.45) is 5.61. The monoisotopic (exact) mass is 306 g/mol. The fourth-order valence-corrected chi connectivity index (χ4v) is 2.40. The summed E-state index contributed by atoms with van der Waals surface area (Å²) in [5.41, 5.74) is 8.77. The van der Waals surface area contributed by atoms with E-state index in [-0.39, 0.29) is 5.11 Å². The highest BCUT2D eigenvalue weighted by molar-refractivity contribution is 7.80. The first-order valence-electron chi connectivity index (χ1n) is 7.28. The van der Waals surface area contributed by atoms with Crippen LogP contribution in [0.3, 0.4) is 0 Å². The predicted octanol–water partition coefficient (Wildman–Crippen LogP) is 1.72. The summed E-state index contributed by atoms with van der Waals surface area (Å²) in [5, 5.41) is 4.12. The quantitative estimate of drug-likeness (QED) is 0.476. The molecule has 0 aliphatic carbocycles. The van der Waals surface area contributed by atoms with Crippen molar-refractivity contribution in [3.63, 3.8) is 0 Å². The van der Waals surface area contributed by atoms with Gasteiger partial charge >= 0.3 is 0 Å². The van der Waals surface area contributed by atoms with Crippen LogP contribution in [0, 0.1) is 0 Å². The van der Waals surface area contributed by atoms with Crippen LogP contribution in [0.25, 0.3) is 0 Å². The summed E-state index contributed by atoms with van der Waals surface area (Å²) < 4.78 is 5.87. The maximum atomic E-state index is 5.87. The number of hydrazone groups is 1. The molecule has 1 heterocycles. The van der Waals surface area contributed by atoms with Gasteiger partial charge in [0.25, 0.3) is 0 Å². The van der Waals surface area contributed by atoms with Crippen LogP contribution in [0.15, 0.2) is 29.4 Å². The van der Waals surface area contributed by atoms with Gasteiger partial charge in [0, 0.05) is 12.1 Å². The van der Waals surface area contributed by atoms with E-state index in [9.17, 15) is 0 Å². The molecule has 0 aromatic heterocycles. The van der Waals surface area contributed by atoms with E-state index < -0.39 is 0 Å². The Bertz CT molecular complexity index is 486. The number of nitrogens with one attached hydrogen (secondary N) is 1. The molecule has 1 aromatic carbocycles. The van der Waals surface area contributed by atoms with Gasteiger partial charge < -0.3 is 10.5 Å². The summed E-state index contributed by atoms with van der Waals surface area (Å²) in [7, 11) is 0. The molecular weight excluding hydrogens is 284 g/mol. The molecule has 0 spiro atoms. The first-order chi connectivity index (χ1) is 10.3. The van der Waals surface area contributed by atoms with Gasteiger partial charge in [0.2, 0.25) is 0 Å². The number of piperidine rings is 1. The molecule has 114 valence electrons. The van der Waals surface area contributed by atoms with Crippen LogP contribution in [0.2, 0.25) is 0 Å². The molecule has 1 aliphatic heterocycles. The van der Waals surface area contributed by atoms with Gasteiger partial charge in [0.1, 0.15) is 12.4 Å². The first kappa shape index (κ1) is 15.7. The third-order valence-electron chi connectivity index (χ3n) is 3.41. The van der Waals surface area contributed by atoms with Gasteiger partial charge in [0.15, 0.2) is 5.11 Å². The maximum absolute atomic E-state index is 5.87. The second-order valence-corrected chi connectivity index (χ2v) is 5.46. The zero-order valence-electron chi connectivity index (χ0n) is 12.1. The van der Waals surface area contributed by atoms with E-state index in [2.05, 4.69) is 15.4 Å². The Morgan fingerprint density at radius 2 is 2.10 bits per heavy atom. The van der Waals surface area contributed by atoms with E-state index in [4.69, 9.17) is 22.7 Å². The number of benzene rings is 1. The Morgan fingerprint density at radius 3 is 2.86 bits per heavy atom. The molecule has 6 heteroatoms. The number of likely N-dealkylation sites (tertiary alicyclic amines) is 1. The molecule has 0 unspecified atom stereocenters. The van der Waals surface area contributed by atoms with Crippen molar-refractivity contribution in [1.82, 2.24) is 10.3 Å². The second kappa shape index (κ2) is 8.59. The molecule has 1 saturated heterocycles. The van der Waals surface area contributed by atoms with Gasteiger partial charge in [-0.25, -0.2) is 0 Å². The lowest BCUT2D eigenvalue weighted by molar-refractivity contribution is 0.183. The van der Waals surface area contributed by atoms with E-state index in [1.807, 2.05) is 24.3 Å². The Labute approximate surface area is 131 Å². The molecule has 1 aromatic rings. The van der Waals surface area contributed by atoms with E-state index in [0.717, 1.165) is 17.9 Å². The lowest BCUT2D eigenvalue weighted by atomic mass is 10.1. The van der Waals surface area contributed by atoms with Gasteiger partial charge in [-0.3, -0.25) is 10.3 Å². The molecule has 0 amide bonds. The molecule has 1 fully saturated rings. The lowest BCUT2D eigenvalue weighted by Gasteiger charge is -2.26. The molecule has 0 radical (unpaired) electrons. The molecule has 0 atom stereocenters. The smallest absolute Gasteiger partial charge is 0.184 e. The predicted molar refractivity (Wildman–Crippen MR) is 89.7 cm³/mol. The standard InChI is InChI=1S/C15H22N4OS/c16-15(21)18-17-12-13-6-2-3-7-14(13)20-11-10-19-8-4-1-5-9-19/h2-3,6-7,12H,1,4-5,8-11H2,(H3,16,18,21). The van der Waals surface area contributed by atoms with E-state index in [1.54, 1.807) is 6.21 Å². The van der Waals surface area contributed by atoms with E-state index >= 15 is 0 Å². The summed E-state index contributed by atoms with van der Waals surface area (Å²) in [6, 6.07) is 7.79. The van der Waals surface area contributed by atoms with Crippen molar-refractivity contribution >= 4 is 23.5 Å². The second-order valence-electron chi connectivity index (χ2n) is 5.02. The number of thiocarbonyl (C=S) groups is 1. The topological polar surface area (TPSA) is 62.9 Å². The van der Waals surface area contributed by atoms with E-state index in [1.165, 1.54) is 32.4 Å². The maximum Gasteiger partial charge on any atom is 0.184 e. The molecule has 5 nitrogen and oxygen atoms in total. The van der Waals surface area contributed by atoms with Crippen LogP contribution in [-0.2, 0) is 0 Å². The first-order valence-corrected chi connectivity index (χ1v) is 7.69. The Balaban J connectivity index is 1.84. The molecular formula is C15H22N4OS. The minimum Gasteiger partial charge on any atom is -0.492 e. The van der Waals surface area contributed by atoms with Crippen LogP contribution in [-0.4, -0.2) is 42.5 Å². The lowest BCUT2D eigenvalue weighted by Crippen LogP contribution is -2.33. The Kier molecular flexibility index (Phi) is 6.43. The van der Waals surface area contributed by atoms with Crippen molar-refractivity contribution in [2.45, 2.75) is 19.3 Å². The fourth-order valence-electron chi connectivity index (χ4n) is 2.35. The average Bonchev–Trinajstić information content (AvgIpc) is 2.49. The molecule has 1 aliphatic rings. The zero-order chi connectivity index (χ0) is 14.9. The highest BCUT2D eigenvalue weighted by atomic mass is 32.1. The minimum atomic E-state index is 0.148. The molecule has 2 rings (SSSR count). The SMILES string of the molecule is NC(=S)NN=Cc1ccccc1OCCN1CCCCC1. The van der Waals surface area contributed by atoms with Gasteiger partial charge in [-0.05, 0) is 50.3 Å². The fraction of sp³-hybridized carbons (Fsp3) is 0.467. The largest absolute Gasteiger partial charge is 0.492 e. The Hall–Kier alpha value is -1.66. The highest BCUT2D eigenvalue weighted by Gasteiger charge is 2.09. The van der Waals surface area contributed by atoms with Gasteiger partial charge in [0.05, 0.1) is 6.21 Å². The molecule has 3 N–H and O–H groups in total. The third-order valence-corrected chi connectivity index (χ3v) is 3.50. The van der Waals surface area contributed by atoms with Crippen LogP contribution in [0.4, 0.5) is 0 Å². The van der Waals surface area contributed by atoms with Crippen molar-refractivity contribution in [1.29, 1.82) is 0 Å². The number of ether oxygens (including phenoxy) is 1. The average molecular weight is 306 g/mol. The molecule has 0 bridgehead atoms. The van der Waals surface area contributed by atoms with E-state index in [0.29, 0.717) is 6.61 Å². The summed E-state index contributed by atoms with van der Waals surface area (Å²) in [5.74, 6) is 0.822. The highest BCUT2D eigenvalue weighted by Crippen LogP contribution is 2.16. The van der Waals surface area contributed by atoms with Gasteiger partial charge in [-0.15, -0.1) is 0 Å². The van der Waals surface area contributed by atoms with Gasteiger partial charge in [-0.1, -0.05) is 18.6 Å². The molecule has 21 heavy (non-hydrogen) atoms. The van der Waals surface area contributed by atoms with Crippen molar-refractivity contribution in [3.05, 3.63) is 29.8 Å². The summed E-state index contributed by atoms with van der Waals surface area (Å²) >= 11 is 4.70. The van der Waals surface area contributed by atoms with Crippen LogP contribution < -0.4 is 15.9 Å². The van der Waals surface area contributed by atoms with Crippen molar-refractivity contribution in [2.24, 2.45) is 10.8 Å². The van der Waals surface area contributed by atoms with Crippen LogP contribution >= 0.6 is 12.2 Å². The number of rotatable bonds is 6. The van der Waals surface area contributed by atoms with Crippen LogP contribution in [0.5, 0.6) is 5.75 Å². The van der Waals surface area contributed by atoms with Crippen molar-refractivity contribution < 1.29 is 4.74 Å². The van der Waals surface area contributed by atoms with Crippen molar-refractivity contribution in [3.8, 4) is 5.75 Å². The Morgan fingerprint density at radius 1 is 1.33 bits per heavy atom. The number of nitrogens with zero attached hydrogens (tertiary/aromatic N) is 2. The third kappa shape index (κ3) is 5.69. The number of para-hydroxylation sites is 1. The minimum absolute atomic E-state index is 0.148. The summed E-state index contributed by atoms with van der Waals surface area (Å²) in [6.45, 7) is 4.03. The van der Waals surface area contributed by atoms with Crippen LogP contribution in [0.1, 0.15) is 24.8 Å². The number of nitrogens with two attached hydrogens (primary N) is 1. The van der Waals surface area contributed by atoms with Crippen molar-refractivity contribution in [2.75, 3.05) is 26.2 Å². The molecule has 0 saturated carbocycles. The number of hydrogen-bond acceptors (Lipinski definition) is 4. The zero-order valence-corrected chi connectivity index (χ0v) is 12.9.